The third kappa shape index (κ3) is 4.82. The van der Waals surface area contributed by atoms with Gasteiger partial charge in [0.1, 0.15) is 22.7 Å². The van der Waals surface area contributed by atoms with Gasteiger partial charge in [-0.05, 0) is 31.7 Å². The molecular formula is C31H31N9O3S. The SMILES string of the molecule is CC(=O)Nc1cncnc1N1[C@@H]2CC[C@H]1C[C@H](c1nc3c(-c4ccc(-c5ccccc5)nc4)cnn3c(N)c1S(C)(=O)=O)C2. The molecule has 2 bridgehead atoms. The van der Waals surface area contributed by atoms with Gasteiger partial charge in [-0.3, -0.25) is 9.78 Å². The zero-order valence-corrected chi connectivity index (χ0v) is 25.1. The van der Waals surface area contributed by atoms with Crippen LogP contribution in [0.3, 0.4) is 0 Å². The summed E-state index contributed by atoms with van der Waals surface area (Å²) in [5, 5.41) is 7.28. The second kappa shape index (κ2) is 10.7. The fraction of sp³-hybridized carbons (Fsp3) is 0.290. The predicted octanol–water partition coefficient (Wildman–Crippen LogP) is 4.11. The van der Waals surface area contributed by atoms with Crippen molar-refractivity contribution in [3.63, 3.8) is 0 Å². The lowest BCUT2D eigenvalue weighted by Crippen LogP contribution is -2.43. The number of aromatic nitrogens is 6. The number of fused-ring (bicyclic) bond motifs is 3. The van der Waals surface area contributed by atoms with E-state index in [0.717, 1.165) is 35.9 Å². The minimum Gasteiger partial charge on any atom is -0.382 e. The number of carbonyl (C=O) groups is 1. The van der Waals surface area contributed by atoms with Crippen LogP contribution in [0.4, 0.5) is 17.3 Å². The highest BCUT2D eigenvalue weighted by atomic mass is 32.2. The van der Waals surface area contributed by atoms with E-state index < -0.39 is 9.84 Å². The van der Waals surface area contributed by atoms with Crippen LogP contribution in [-0.4, -0.2) is 62.2 Å². The second-order valence-electron chi connectivity index (χ2n) is 11.5. The number of hydrogen-bond acceptors (Lipinski definition) is 10. The van der Waals surface area contributed by atoms with Crippen LogP contribution in [0.5, 0.6) is 0 Å². The van der Waals surface area contributed by atoms with E-state index in [2.05, 4.69) is 30.3 Å². The van der Waals surface area contributed by atoms with Gasteiger partial charge in [0.25, 0.3) is 0 Å². The molecule has 3 atom stereocenters. The van der Waals surface area contributed by atoms with E-state index in [1.54, 1.807) is 18.6 Å². The lowest BCUT2D eigenvalue weighted by Gasteiger charge is -2.40. The molecule has 2 saturated heterocycles. The molecule has 12 nitrogen and oxygen atoms in total. The first-order chi connectivity index (χ1) is 21.2. The molecule has 224 valence electrons. The Bertz CT molecular complexity index is 1980. The molecule has 5 aromatic rings. The van der Waals surface area contributed by atoms with E-state index >= 15 is 0 Å². The van der Waals surface area contributed by atoms with Crippen molar-refractivity contribution in [2.45, 2.75) is 55.5 Å². The normalized spacial score (nSPS) is 19.8. The van der Waals surface area contributed by atoms with Crippen LogP contribution in [0.25, 0.3) is 28.0 Å². The number of nitrogens with one attached hydrogen (secondary N) is 1. The molecule has 3 N–H and O–H groups in total. The van der Waals surface area contributed by atoms with Crippen molar-refractivity contribution in [1.29, 1.82) is 0 Å². The van der Waals surface area contributed by atoms with Crippen molar-refractivity contribution in [2.75, 3.05) is 22.2 Å². The number of rotatable bonds is 6. The highest BCUT2D eigenvalue weighted by Gasteiger charge is 2.44. The van der Waals surface area contributed by atoms with Crippen LogP contribution in [0.15, 0.2) is 72.3 Å². The molecule has 0 radical (unpaired) electrons. The maximum absolute atomic E-state index is 13.2. The Kier molecular flexibility index (Phi) is 6.76. The molecule has 0 aliphatic carbocycles. The zero-order valence-electron chi connectivity index (χ0n) is 24.3. The molecule has 1 aromatic carbocycles. The summed E-state index contributed by atoms with van der Waals surface area (Å²) >= 11 is 0. The highest BCUT2D eigenvalue weighted by molar-refractivity contribution is 7.91. The van der Waals surface area contributed by atoms with Crippen molar-refractivity contribution in [3.05, 3.63) is 73.1 Å². The minimum atomic E-state index is -3.74. The Balaban J connectivity index is 1.28. The number of nitrogens with zero attached hydrogens (tertiary/aromatic N) is 7. The maximum Gasteiger partial charge on any atom is 0.221 e. The Morgan fingerprint density at radius 2 is 1.73 bits per heavy atom. The first-order valence-electron chi connectivity index (χ1n) is 14.4. The molecule has 4 aromatic heterocycles. The van der Waals surface area contributed by atoms with Gasteiger partial charge in [-0.15, -0.1) is 0 Å². The number of piperidine rings is 1. The summed E-state index contributed by atoms with van der Waals surface area (Å²) in [6, 6.07) is 14.0. The predicted molar refractivity (Wildman–Crippen MR) is 167 cm³/mol. The van der Waals surface area contributed by atoms with E-state index in [-0.39, 0.29) is 34.6 Å². The third-order valence-corrected chi connectivity index (χ3v) is 9.70. The average Bonchev–Trinajstić information content (AvgIpc) is 3.54. The second-order valence-corrected chi connectivity index (χ2v) is 13.4. The highest BCUT2D eigenvalue weighted by Crippen LogP contribution is 2.47. The number of benzene rings is 1. The van der Waals surface area contributed by atoms with E-state index in [9.17, 15) is 13.2 Å². The molecule has 7 rings (SSSR count). The van der Waals surface area contributed by atoms with Gasteiger partial charge in [0, 0.05) is 54.1 Å². The third-order valence-electron chi connectivity index (χ3n) is 8.54. The van der Waals surface area contributed by atoms with E-state index in [0.29, 0.717) is 41.3 Å². The van der Waals surface area contributed by atoms with Gasteiger partial charge in [0.05, 0.1) is 23.8 Å². The summed E-state index contributed by atoms with van der Waals surface area (Å²) in [4.78, 5) is 32.4. The van der Waals surface area contributed by atoms with Gasteiger partial charge >= 0.3 is 0 Å². The molecule has 44 heavy (non-hydrogen) atoms. The summed E-state index contributed by atoms with van der Waals surface area (Å²) < 4.78 is 27.8. The Morgan fingerprint density at radius 3 is 2.39 bits per heavy atom. The van der Waals surface area contributed by atoms with Gasteiger partial charge < -0.3 is 16.0 Å². The molecule has 0 saturated carbocycles. The lowest BCUT2D eigenvalue weighted by molar-refractivity contribution is -0.114. The van der Waals surface area contributed by atoms with Gasteiger partial charge in [0.2, 0.25) is 5.91 Å². The minimum absolute atomic E-state index is 0.0241. The lowest BCUT2D eigenvalue weighted by atomic mass is 9.87. The molecule has 13 heteroatoms. The molecule has 2 aliphatic rings. The first-order valence-corrected chi connectivity index (χ1v) is 16.3. The van der Waals surface area contributed by atoms with Crippen molar-refractivity contribution in [2.24, 2.45) is 0 Å². The smallest absolute Gasteiger partial charge is 0.221 e. The molecular weight excluding hydrogens is 578 g/mol. The van der Waals surface area contributed by atoms with E-state index in [1.165, 1.54) is 17.8 Å². The van der Waals surface area contributed by atoms with Gasteiger partial charge in [-0.25, -0.2) is 23.4 Å². The number of anilines is 3. The van der Waals surface area contributed by atoms with Gasteiger partial charge in [-0.1, -0.05) is 36.4 Å². The summed E-state index contributed by atoms with van der Waals surface area (Å²) in [5.74, 6) is 0.367. The monoisotopic (exact) mass is 609 g/mol. The molecule has 0 spiro atoms. The fourth-order valence-corrected chi connectivity index (χ4v) is 7.82. The number of pyridine rings is 1. The number of sulfone groups is 1. The van der Waals surface area contributed by atoms with Crippen LogP contribution < -0.4 is 16.0 Å². The fourth-order valence-electron chi connectivity index (χ4n) is 6.76. The topological polar surface area (TPSA) is 161 Å². The number of nitrogen functional groups attached to an aromatic ring is 1. The van der Waals surface area contributed by atoms with Crippen LogP contribution >= 0.6 is 0 Å². The number of carbonyl (C=O) groups excluding carboxylic acids is 1. The largest absolute Gasteiger partial charge is 0.382 e. The Morgan fingerprint density at radius 1 is 0.977 bits per heavy atom. The van der Waals surface area contributed by atoms with Crippen molar-refractivity contribution in [3.8, 4) is 22.4 Å². The first kappa shape index (κ1) is 27.9. The molecule has 2 fully saturated rings. The van der Waals surface area contributed by atoms with Crippen LogP contribution in [-0.2, 0) is 14.6 Å². The van der Waals surface area contributed by atoms with Gasteiger partial charge in [-0.2, -0.15) is 9.61 Å². The summed E-state index contributed by atoms with van der Waals surface area (Å²) in [6.07, 6.45) is 10.8. The Hall–Kier alpha value is -4.91. The number of amides is 1. The Labute approximate surface area is 254 Å². The average molecular weight is 610 g/mol. The molecule has 0 unspecified atom stereocenters. The summed E-state index contributed by atoms with van der Waals surface area (Å²) in [7, 11) is -3.74. The van der Waals surface area contributed by atoms with E-state index in [4.69, 9.17) is 10.7 Å². The van der Waals surface area contributed by atoms with Crippen molar-refractivity contribution < 1.29 is 13.2 Å². The maximum atomic E-state index is 13.2. The zero-order chi connectivity index (χ0) is 30.6. The molecule has 1 amide bonds. The van der Waals surface area contributed by atoms with Crippen LogP contribution in [0.1, 0.15) is 44.2 Å². The van der Waals surface area contributed by atoms with Crippen LogP contribution in [0.2, 0.25) is 0 Å². The van der Waals surface area contributed by atoms with E-state index in [1.807, 2.05) is 42.5 Å². The quantitative estimate of drug-likeness (QED) is 0.287. The van der Waals surface area contributed by atoms with Gasteiger partial charge in [0.15, 0.2) is 21.3 Å². The molecule has 6 heterocycles. The number of hydrogen-bond donors (Lipinski definition) is 2. The van der Waals surface area contributed by atoms with Crippen molar-refractivity contribution >= 4 is 38.7 Å². The summed E-state index contributed by atoms with van der Waals surface area (Å²) in [5.41, 5.74) is 11.4. The molecule has 2 aliphatic heterocycles. The van der Waals surface area contributed by atoms with Crippen molar-refractivity contribution in [1.82, 2.24) is 29.5 Å². The van der Waals surface area contributed by atoms with Crippen LogP contribution in [0, 0.1) is 0 Å². The number of nitrogens with two attached hydrogens (primary N) is 1. The summed E-state index contributed by atoms with van der Waals surface area (Å²) in [6.45, 7) is 1.45. The standard InChI is InChI=1S/C31H31N9O3S/c1-18(41)37-26-16-33-17-35-31(26)39-22-9-10-23(39)13-21(12-22)27-28(44(2,42)43)29(32)40-30(38-27)24(15-36-40)20-8-11-25(34-14-20)19-6-4-3-5-7-19/h3-8,11,14-17,21-23H,9-10,12-13,32H2,1-2H3,(H,37,41)/t21-,22-,23+.